The number of Topliss-reactive ketones (excluding diaryl/α,β-unsaturated/α-hetero) is 3. The Balaban J connectivity index is 1.07. The van der Waals surface area contributed by atoms with Crippen LogP contribution in [0.2, 0.25) is 5.82 Å². The minimum absolute atomic E-state index is 0.0301. The molecule has 11 nitrogen and oxygen atoms in total. The average Bonchev–Trinajstić information content (AvgIpc) is 3.65. The van der Waals surface area contributed by atoms with E-state index in [4.69, 9.17) is 19.8 Å². The molecule has 71 heavy (non-hydrogen) atoms. The van der Waals surface area contributed by atoms with E-state index in [0.29, 0.717) is 73.8 Å². The molecule has 3 N–H and O–H groups in total. The van der Waals surface area contributed by atoms with E-state index in [0.717, 1.165) is 61.6 Å². The molecular weight excluding hydrogens is 889 g/mol. The summed E-state index contributed by atoms with van der Waals surface area (Å²) in [5.41, 5.74) is 10.6. The van der Waals surface area contributed by atoms with Crippen molar-refractivity contribution in [3.63, 3.8) is 0 Å². The van der Waals surface area contributed by atoms with E-state index in [9.17, 15) is 24.0 Å². The Morgan fingerprint density at radius 2 is 1.62 bits per heavy atom. The van der Waals surface area contributed by atoms with E-state index < -0.39 is 42.2 Å². The normalized spacial score (nSPS) is 27.2. The molecule has 4 bridgehead atoms. The molecule has 3 aromatic carbocycles. The minimum atomic E-state index is -1.04. The molecule has 0 spiro atoms. The summed E-state index contributed by atoms with van der Waals surface area (Å²) in [6, 6.07) is 19.9. The monoisotopic (exact) mass is 972 g/mol. The first-order valence-corrected chi connectivity index (χ1v) is 26.9. The number of fused-ring (bicyclic) bond motifs is 2. The van der Waals surface area contributed by atoms with Gasteiger partial charge in [0.05, 0.1) is 24.4 Å². The number of nitrogens with one attached hydrogen (secondary N) is 1. The van der Waals surface area contributed by atoms with Crippen LogP contribution < -0.4 is 15.8 Å². The fraction of sp³-hybridized carbons (Fsp3) is 0.610. The number of carbonyl (C=O) groups excluding carboxylic acids is 5. The second-order valence-corrected chi connectivity index (χ2v) is 22.7. The van der Waals surface area contributed by atoms with Crippen molar-refractivity contribution in [2.45, 2.75) is 180 Å². The summed E-state index contributed by atoms with van der Waals surface area (Å²) < 4.78 is 19.4. The topological polar surface area (TPSA) is 154 Å². The summed E-state index contributed by atoms with van der Waals surface area (Å²) in [4.78, 5) is 73.6. The average molecular weight is 972 g/mol. The van der Waals surface area contributed by atoms with E-state index in [1.165, 1.54) is 10.5 Å². The van der Waals surface area contributed by atoms with E-state index in [2.05, 4.69) is 64.2 Å². The van der Waals surface area contributed by atoms with Gasteiger partial charge in [-0.1, -0.05) is 115 Å². The molecule has 2 heterocycles. The fourth-order valence-electron chi connectivity index (χ4n) is 12.5. The molecule has 0 aromatic heterocycles. The first-order chi connectivity index (χ1) is 33.8. The SMILES string of the molecule is CCCCc1ccc(-c2ccc(C(=O)C[C@@H](CCCCN)C(=O)N(C)[C@@H]3C(=O)C[C@@H](C)C(=O)N[C@H](C(=O)C[C@@H](C)B4O[C@]5(C)C[C@@H]6C[C@@H](C6(C)C)[C@]5(C)O4)CCCCCc4cc3ccc4OC)cc2)cc1. The lowest BCUT2D eigenvalue weighted by molar-refractivity contribution is -0.235. The number of rotatable bonds is 18. The molecule has 3 saturated carbocycles. The van der Waals surface area contributed by atoms with Gasteiger partial charge < -0.3 is 30.0 Å². The van der Waals surface area contributed by atoms with Crippen molar-refractivity contribution in [2.75, 3.05) is 20.7 Å². The molecule has 9 atom stereocenters. The lowest BCUT2D eigenvalue weighted by Crippen LogP contribution is -2.70. The summed E-state index contributed by atoms with van der Waals surface area (Å²) in [7, 11) is 2.72. The molecule has 3 aromatic rings. The van der Waals surface area contributed by atoms with Crippen molar-refractivity contribution < 1.29 is 38.0 Å². The van der Waals surface area contributed by atoms with Crippen LogP contribution in [0.3, 0.4) is 0 Å². The quantitative estimate of drug-likeness (QED) is 0.0720. The Hall–Kier alpha value is -4.65. The summed E-state index contributed by atoms with van der Waals surface area (Å²) in [6.45, 7) is 15.4. The molecule has 12 heteroatoms. The van der Waals surface area contributed by atoms with E-state index in [1.807, 2.05) is 49.4 Å². The van der Waals surface area contributed by atoms with Gasteiger partial charge in [0.25, 0.3) is 0 Å². The molecule has 0 radical (unpaired) electrons. The lowest BCUT2D eigenvalue weighted by atomic mass is 9.41. The molecule has 2 amide bonds. The van der Waals surface area contributed by atoms with Gasteiger partial charge in [0.15, 0.2) is 17.3 Å². The van der Waals surface area contributed by atoms with E-state index in [-0.39, 0.29) is 59.7 Å². The van der Waals surface area contributed by atoms with Gasteiger partial charge in [-0.05, 0) is 141 Å². The molecule has 3 aliphatic carbocycles. The number of carbonyl (C=O) groups is 5. The summed E-state index contributed by atoms with van der Waals surface area (Å²) in [5, 5.41) is 3.07. The predicted octanol–water partition coefficient (Wildman–Crippen LogP) is 10.9. The van der Waals surface area contributed by atoms with Crippen molar-refractivity contribution in [1.29, 1.82) is 0 Å². The number of aryl methyl sites for hydroxylation is 2. The minimum Gasteiger partial charge on any atom is -0.496 e. The van der Waals surface area contributed by atoms with Crippen molar-refractivity contribution in [3.05, 3.63) is 89.0 Å². The Kier molecular flexibility index (Phi) is 17.6. The highest BCUT2D eigenvalue weighted by Gasteiger charge is 2.73. The molecule has 2 aliphatic heterocycles. The number of methoxy groups -OCH3 is 1. The number of ketones is 3. The molecule has 384 valence electrons. The van der Waals surface area contributed by atoms with Gasteiger partial charge in [0.2, 0.25) is 11.8 Å². The number of hydrogen-bond acceptors (Lipinski definition) is 9. The first-order valence-electron chi connectivity index (χ1n) is 26.9. The zero-order chi connectivity index (χ0) is 51.3. The smallest absolute Gasteiger partial charge is 0.461 e. The number of nitrogens with zero attached hydrogens (tertiary/aromatic N) is 1. The van der Waals surface area contributed by atoms with Crippen molar-refractivity contribution in [1.82, 2.24) is 10.2 Å². The van der Waals surface area contributed by atoms with Crippen LogP contribution in [0.5, 0.6) is 5.75 Å². The second-order valence-electron chi connectivity index (χ2n) is 22.7. The Morgan fingerprint density at radius 1 is 0.915 bits per heavy atom. The van der Waals surface area contributed by atoms with Gasteiger partial charge in [-0.25, -0.2) is 0 Å². The number of amides is 2. The predicted molar refractivity (Wildman–Crippen MR) is 281 cm³/mol. The van der Waals surface area contributed by atoms with Crippen LogP contribution in [-0.2, 0) is 41.3 Å². The maximum absolute atomic E-state index is 14.9. The number of unbranched alkanes of at least 4 members (excludes halogenated alkanes) is 2. The molecule has 4 fully saturated rings. The van der Waals surface area contributed by atoms with E-state index >= 15 is 0 Å². The van der Waals surface area contributed by atoms with Gasteiger partial charge in [-0.3, -0.25) is 24.0 Å². The van der Waals surface area contributed by atoms with Crippen LogP contribution in [0.25, 0.3) is 11.1 Å². The van der Waals surface area contributed by atoms with E-state index in [1.54, 1.807) is 21.1 Å². The fourth-order valence-corrected chi connectivity index (χ4v) is 12.5. The molecular formula is C59H82BN3O8. The standard InChI is InChI=1S/C59H82BN3O8/c1-10-11-17-40-21-23-41(24-22-40)42-25-27-43(28-26-42)49(64)35-46(19-15-16-31-61)56(68)63(8)54-45-29-30-52(69-9)44(34-45)18-13-12-14-20-48(62-55(67)38(2)32-51(54)66)50(65)33-39(3)60-70-58(6)37-47-36-53(57(47,4)5)59(58,7)71-60/h21-30,34,38-39,46-48,53-54H,10-20,31-33,35-37,61H2,1-9H3,(H,62,67)/t38-,39-,46-,47+,48+,53+,54+,58-,59+/m1/s1. The highest BCUT2D eigenvalue weighted by Crippen LogP contribution is 2.69. The van der Waals surface area contributed by atoms with Crippen molar-refractivity contribution >= 4 is 36.3 Å². The molecule has 5 aliphatic rings. The number of nitrogens with two attached hydrogens (primary N) is 1. The summed E-state index contributed by atoms with van der Waals surface area (Å²) in [6.07, 6.45) is 10.6. The largest absolute Gasteiger partial charge is 0.496 e. The van der Waals surface area contributed by atoms with Crippen LogP contribution in [-0.4, -0.2) is 79.1 Å². The van der Waals surface area contributed by atoms with Gasteiger partial charge in [0.1, 0.15) is 11.8 Å². The second kappa shape index (κ2) is 23.1. The summed E-state index contributed by atoms with van der Waals surface area (Å²) >= 11 is 0. The van der Waals surface area contributed by atoms with Crippen molar-refractivity contribution in [2.24, 2.45) is 34.8 Å². The highest BCUT2D eigenvalue weighted by molar-refractivity contribution is 6.47. The highest BCUT2D eigenvalue weighted by atomic mass is 16.7. The number of hydrogen-bond donors (Lipinski definition) is 2. The third-order valence-electron chi connectivity index (χ3n) is 17.4. The number of likely N-dealkylation sites (N-methyl/N-ethyl adjacent to an activating group) is 1. The maximum atomic E-state index is 14.9. The summed E-state index contributed by atoms with van der Waals surface area (Å²) in [5.74, 6) is -1.34. The van der Waals surface area contributed by atoms with Gasteiger partial charge in [-0.15, -0.1) is 0 Å². The Labute approximate surface area is 424 Å². The van der Waals surface area contributed by atoms with Crippen LogP contribution in [0, 0.1) is 29.1 Å². The van der Waals surface area contributed by atoms with Crippen LogP contribution in [0.1, 0.15) is 171 Å². The number of benzene rings is 3. The third-order valence-corrected chi connectivity index (χ3v) is 17.4. The molecule has 0 unspecified atom stereocenters. The van der Waals surface area contributed by atoms with Crippen LogP contribution in [0.15, 0.2) is 66.7 Å². The zero-order valence-electron chi connectivity index (χ0n) is 44.3. The zero-order valence-corrected chi connectivity index (χ0v) is 44.3. The third kappa shape index (κ3) is 11.8. The molecule has 1 saturated heterocycles. The molecule has 8 rings (SSSR count). The lowest BCUT2D eigenvalue weighted by Gasteiger charge is -2.67. The number of ether oxygens (including phenoxy) is 1. The van der Waals surface area contributed by atoms with Gasteiger partial charge >= 0.3 is 7.12 Å². The Morgan fingerprint density at radius 3 is 2.28 bits per heavy atom. The van der Waals surface area contributed by atoms with Crippen molar-refractivity contribution in [3.8, 4) is 16.9 Å². The first kappa shape index (κ1) is 54.1. The maximum Gasteiger partial charge on any atom is 0.461 e. The van der Waals surface area contributed by atoms with Gasteiger partial charge in [-0.2, -0.15) is 0 Å². The van der Waals surface area contributed by atoms with Crippen LogP contribution in [0.4, 0.5) is 0 Å². The van der Waals surface area contributed by atoms with Gasteiger partial charge in [0, 0.05) is 43.7 Å². The Bertz CT molecular complexity index is 2370. The van der Waals surface area contributed by atoms with Crippen LogP contribution >= 0.6 is 0 Å².